The Morgan fingerprint density at radius 3 is 2.34 bits per heavy atom. The second-order valence-electron chi connectivity index (χ2n) is 7.44. The summed E-state index contributed by atoms with van der Waals surface area (Å²) in [5.41, 5.74) is -0.877. The average Bonchev–Trinajstić information content (AvgIpc) is 3.22. The molecule has 4 rings (SSSR count). The molecule has 0 bridgehead atoms. The predicted molar refractivity (Wildman–Crippen MR) is 125 cm³/mol. The molecule has 4 aromatic rings. The van der Waals surface area contributed by atoms with E-state index in [-0.39, 0.29) is 21.2 Å². The number of aromatic nitrogens is 2. The highest BCUT2D eigenvalue weighted by molar-refractivity contribution is 7.93. The minimum atomic E-state index is -5.02. The summed E-state index contributed by atoms with van der Waals surface area (Å²) in [7, 11) is -4.95. The highest BCUT2D eigenvalue weighted by Crippen LogP contribution is 2.44. The molecule has 182 valence electrons. The van der Waals surface area contributed by atoms with Gasteiger partial charge in [-0.2, -0.15) is 13.2 Å². The number of aryl methyl sites for hydroxylation is 1. The summed E-state index contributed by atoms with van der Waals surface area (Å²) in [6, 6.07) is 8.07. The molecule has 35 heavy (non-hydrogen) atoms. The first-order valence-corrected chi connectivity index (χ1v) is 12.7. The minimum Gasteiger partial charge on any atom is -0.245 e. The fourth-order valence-corrected chi connectivity index (χ4v) is 6.84. The second-order valence-corrected chi connectivity index (χ2v) is 10.6. The van der Waals surface area contributed by atoms with Gasteiger partial charge in [0.05, 0.1) is 10.5 Å². The lowest BCUT2D eigenvalue weighted by Crippen LogP contribution is -2.37. The van der Waals surface area contributed by atoms with Crippen molar-refractivity contribution in [3.63, 3.8) is 0 Å². The van der Waals surface area contributed by atoms with Crippen LogP contribution in [0.4, 0.5) is 22.6 Å². The number of halogens is 5. The van der Waals surface area contributed by atoms with E-state index in [4.69, 9.17) is 11.6 Å². The summed E-state index contributed by atoms with van der Waals surface area (Å²) in [6.07, 6.45) is -1.23. The number of hydrogen-bond donors (Lipinski definition) is 0. The van der Waals surface area contributed by atoms with Crippen LogP contribution in [0, 0.1) is 12.7 Å². The molecule has 0 aliphatic carbocycles. The maximum Gasteiger partial charge on any atom is 0.417 e. The first kappa shape index (κ1) is 25.1. The van der Waals surface area contributed by atoms with Crippen molar-refractivity contribution in [1.29, 1.82) is 0 Å². The van der Waals surface area contributed by atoms with Crippen molar-refractivity contribution in [2.75, 3.05) is 4.31 Å². The van der Waals surface area contributed by atoms with Crippen LogP contribution in [-0.4, -0.2) is 18.4 Å². The third-order valence-corrected chi connectivity index (χ3v) is 8.34. The predicted octanol–water partition coefficient (Wildman–Crippen LogP) is 6.64. The van der Waals surface area contributed by atoms with E-state index in [0.29, 0.717) is 11.6 Å². The molecular formula is C23H16ClF4N3O2S2. The Hall–Kier alpha value is -3.02. The average molecular weight is 542 g/mol. The molecule has 0 radical (unpaired) electrons. The molecule has 0 saturated carbocycles. The van der Waals surface area contributed by atoms with Gasteiger partial charge >= 0.3 is 6.18 Å². The highest BCUT2D eigenvalue weighted by atomic mass is 35.5. The fraction of sp³-hybridized carbons (Fsp3) is 0.130. The van der Waals surface area contributed by atoms with Crippen LogP contribution in [0.15, 0.2) is 77.5 Å². The van der Waals surface area contributed by atoms with Gasteiger partial charge in [0.1, 0.15) is 23.2 Å². The van der Waals surface area contributed by atoms with Crippen molar-refractivity contribution < 1.29 is 26.0 Å². The van der Waals surface area contributed by atoms with Gasteiger partial charge in [0.2, 0.25) is 0 Å². The molecule has 5 nitrogen and oxygen atoms in total. The number of alkyl halides is 3. The zero-order valence-corrected chi connectivity index (χ0v) is 20.3. The Kier molecular flexibility index (Phi) is 6.85. The van der Waals surface area contributed by atoms with Crippen LogP contribution in [0.3, 0.4) is 0 Å². The van der Waals surface area contributed by atoms with Gasteiger partial charge in [0.25, 0.3) is 10.0 Å². The maximum atomic E-state index is 15.1. The van der Waals surface area contributed by atoms with Crippen molar-refractivity contribution >= 4 is 38.0 Å². The molecule has 0 amide bonds. The molecule has 1 atom stereocenters. The molecule has 2 heterocycles. The topological polar surface area (TPSA) is 63.2 Å². The molecule has 0 fully saturated rings. The quantitative estimate of drug-likeness (QED) is 0.257. The van der Waals surface area contributed by atoms with Gasteiger partial charge < -0.3 is 0 Å². The van der Waals surface area contributed by atoms with Crippen LogP contribution < -0.4 is 4.31 Å². The standard InChI is InChI=1S/C23H16ClF4N3O2S2/c1-14-8-9-34-22(14)31(35(32,33)20-7-6-16(24)10-18(20)23(26,27)28)21(15-11-29-13-30-12-15)17-4-2-3-5-19(17)25/h2-13,21H,1H3. The van der Waals surface area contributed by atoms with Gasteiger partial charge in [-0.3, -0.25) is 0 Å². The van der Waals surface area contributed by atoms with Crippen molar-refractivity contribution in [2.45, 2.75) is 24.0 Å². The molecule has 0 saturated heterocycles. The van der Waals surface area contributed by atoms with Crippen LogP contribution >= 0.6 is 22.9 Å². The third kappa shape index (κ3) is 4.89. The highest BCUT2D eigenvalue weighted by Gasteiger charge is 2.43. The summed E-state index contributed by atoms with van der Waals surface area (Å²) in [4.78, 5) is 6.83. The molecule has 0 aliphatic heterocycles. The van der Waals surface area contributed by atoms with Crippen molar-refractivity contribution in [2.24, 2.45) is 0 Å². The Morgan fingerprint density at radius 2 is 1.74 bits per heavy atom. The molecule has 0 spiro atoms. The van der Waals surface area contributed by atoms with Crippen LogP contribution in [0.1, 0.15) is 28.3 Å². The number of hydrogen-bond acceptors (Lipinski definition) is 5. The van der Waals surface area contributed by atoms with Crippen molar-refractivity contribution in [3.05, 3.63) is 106 Å². The number of anilines is 1. The van der Waals surface area contributed by atoms with E-state index in [1.165, 1.54) is 36.9 Å². The van der Waals surface area contributed by atoms with E-state index in [1.807, 2.05) is 0 Å². The van der Waals surface area contributed by atoms with Crippen LogP contribution in [-0.2, 0) is 16.2 Å². The number of rotatable bonds is 6. The summed E-state index contributed by atoms with van der Waals surface area (Å²) >= 11 is 6.78. The summed E-state index contributed by atoms with van der Waals surface area (Å²) in [6.45, 7) is 1.61. The van der Waals surface area contributed by atoms with Gasteiger partial charge in [0.15, 0.2) is 0 Å². The van der Waals surface area contributed by atoms with Crippen LogP contribution in [0.2, 0.25) is 5.02 Å². The van der Waals surface area contributed by atoms with E-state index in [1.54, 1.807) is 18.4 Å². The van der Waals surface area contributed by atoms with E-state index in [2.05, 4.69) is 9.97 Å². The van der Waals surface area contributed by atoms with Gasteiger partial charge in [0, 0.05) is 28.5 Å². The van der Waals surface area contributed by atoms with Gasteiger partial charge in [-0.25, -0.2) is 27.1 Å². The summed E-state index contributed by atoms with van der Waals surface area (Å²) < 4.78 is 85.9. The number of sulfonamides is 1. The van der Waals surface area contributed by atoms with Gasteiger partial charge in [-0.05, 0) is 48.2 Å². The lowest BCUT2D eigenvalue weighted by molar-refractivity contribution is -0.139. The molecule has 2 aromatic carbocycles. The fourth-order valence-electron chi connectivity index (χ4n) is 3.60. The normalized spacial score (nSPS) is 13.0. The molecular weight excluding hydrogens is 526 g/mol. The van der Waals surface area contributed by atoms with E-state index >= 15 is 4.39 Å². The van der Waals surface area contributed by atoms with Crippen molar-refractivity contribution in [3.8, 4) is 0 Å². The Morgan fingerprint density at radius 1 is 1.06 bits per heavy atom. The largest absolute Gasteiger partial charge is 0.417 e. The van der Waals surface area contributed by atoms with Crippen LogP contribution in [0.5, 0.6) is 0 Å². The molecule has 0 N–H and O–H groups in total. The lowest BCUT2D eigenvalue weighted by atomic mass is 10.0. The minimum absolute atomic E-state index is 0.0822. The SMILES string of the molecule is Cc1ccsc1N(C(c1cncnc1)c1ccccc1F)S(=O)(=O)c1ccc(Cl)cc1C(F)(F)F. The zero-order valence-electron chi connectivity index (χ0n) is 17.9. The Balaban J connectivity index is 2.07. The van der Waals surface area contributed by atoms with Crippen molar-refractivity contribution in [1.82, 2.24) is 9.97 Å². The van der Waals surface area contributed by atoms with E-state index in [9.17, 15) is 21.6 Å². The molecule has 12 heteroatoms. The first-order valence-electron chi connectivity index (χ1n) is 9.96. The maximum absolute atomic E-state index is 15.1. The molecule has 0 aliphatic rings. The van der Waals surface area contributed by atoms with Crippen LogP contribution in [0.25, 0.3) is 0 Å². The monoisotopic (exact) mass is 541 g/mol. The lowest BCUT2D eigenvalue weighted by Gasteiger charge is -2.33. The van der Waals surface area contributed by atoms with Gasteiger partial charge in [-0.1, -0.05) is 29.8 Å². The number of nitrogens with zero attached hydrogens (tertiary/aromatic N) is 3. The smallest absolute Gasteiger partial charge is 0.245 e. The van der Waals surface area contributed by atoms with Gasteiger partial charge in [-0.15, -0.1) is 11.3 Å². The summed E-state index contributed by atoms with van der Waals surface area (Å²) in [5.74, 6) is -0.747. The molecule has 2 aromatic heterocycles. The Bertz CT molecular complexity index is 1460. The van der Waals surface area contributed by atoms with E-state index in [0.717, 1.165) is 33.8 Å². The first-order chi connectivity index (χ1) is 16.5. The van der Waals surface area contributed by atoms with E-state index < -0.39 is 38.5 Å². The second kappa shape index (κ2) is 9.56. The Labute approximate surface area is 207 Å². The summed E-state index contributed by atoms with van der Waals surface area (Å²) in [5, 5.41) is 1.43. The number of benzene rings is 2. The number of thiophene rings is 1. The third-order valence-electron chi connectivity index (χ3n) is 5.15. The molecule has 1 unspecified atom stereocenters. The zero-order chi connectivity index (χ0) is 25.4.